The Balaban J connectivity index is 1.96. The number of aryl methyl sites for hydroxylation is 2. The van der Waals surface area contributed by atoms with Crippen LogP contribution in [-0.4, -0.2) is 22.4 Å². The number of carbonyl (C=O) groups excluding carboxylic acids is 1. The maximum absolute atomic E-state index is 12.5. The highest BCUT2D eigenvalue weighted by Crippen LogP contribution is 2.28. The Kier molecular flexibility index (Phi) is 3.10. The molecule has 0 bridgehead atoms. The van der Waals surface area contributed by atoms with Gasteiger partial charge in [0.15, 0.2) is 0 Å². The number of nitrogen functional groups attached to an aromatic ring is 1. The third kappa shape index (κ3) is 2.22. The topological polar surface area (TPSA) is 72.1 Å². The number of rotatable bonds is 1. The normalized spacial score (nSPS) is 13.9. The van der Waals surface area contributed by atoms with Crippen molar-refractivity contribution in [3.8, 4) is 0 Å². The molecule has 1 aliphatic rings. The molecule has 1 aromatic heterocycles. The van der Waals surface area contributed by atoms with Gasteiger partial charge < -0.3 is 10.6 Å². The molecule has 1 aliphatic heterocycles. The van der Waals surface area contributed by atoms with Crippen LogP contribution in [0.2, 0.25) is 0 Å². The van der Waals surface area contributed by atoms with Gasteiger partial charge in [0.2, 0.25) is 0 Å². The average Bonchev–Trinajstić information content (AvgIpc) is 2.46. The summed E-state index contributed by atoms with van der Waals surface area (Å²) in [6, 6.07) is 6.18. The van der Waals surface area contributed by atoms with E-state index in [4.69, 9.17) is 5.73 Å². The summed E-state index contributed by atoms with van der Waals surface area (Å²) in [5.74, 6) is 0.193. The van der Waals surface area contributed by atoms with E-state index in [1.165, 1.54) is 23.5 Å². The molecule has 5 nitrogen and oxygen atoms in total. The lowest BCUT2D eigenvalue weighted by molar-refractivity contribution is 0.0980. The minimum Gasteiger partial charge on any atom is -0.382 e. The van der Waals surface area contributed by atoms with E-state index in [9.17, 15) is 4.79 Å². The van der Waals surface area contributed by atoms with Crippen molar-refractivity contribution in [2.24, 2.45) is 0 Å². The summed E-state index contributed by atoms with van der Waals surface area (Å²) in [7, 11) is 0. The Hall–Kier alpha value is -2.43. The lowest BCUT2D eigenvalue weighted by atomic mass is 9.99. The molecule has 1 aromatic carbocycles. The Morgan fingerprint density at radius 3 is 2.90 bits per heavy atom. The van der Waals surface area contributed by atoms with Gasteiger partial charge >= 0.3 is 0 Å². The van der Waals surface area contributed by atoms with Crippen molar-refractivity contribution in [2.45, 2.75) is 19.8 Å². The fourth-order valence-corrected chi connectivity index (χ4v) is 2.52. The van der Waals surface area contributed by atoms with Crippen LogP contribution >= 0.6 is 0 Å². The third-order valence-corrected chi connectivity index (χ3v) is 3.49. The highest BCUT2D eigenvalue weighted by molar-refractivity contribution is 6.05. The number of nitrogens with two attached hydrogens (primary N) is 1. The van der Waals surface area contributed by atoms with Gasteiger partial charge in [-0.15, -0.1) is 0 Å². The molecule has 1 amide bonds. The smallest absolute Gasteiger partial charge is 0.278 e. The maximum atomic E-state index is 12.5. The summed E-state index contributed by atoms with van der Waals surface area (Å²) in [6.45, 7) is 2.77. The monoisotopic (exact) mass is 268 g/mol. The number of amides is 1. The van der Waals surface area contributed by atoms with Crippen LogP contribution in [0.15, 0.2) is 30.6 Å². The Morgan fingerprint density at radius 2 is 2.15 bits per heavy atom. The van der Waals surface area contributed by atoms with Gasteiger partial charge in [-0.1, -0.05) is 17.7 Å². The molecule has 0 fully saturated rings. The van der Waals surface area contributed by atoms with Crippen molar-refractivity contribution < 1.29 is 4.79 Å². The second-order valence-corrected chi connectivity index (χ2v) is 5.02. The van der Waals surface area contributed by atoms with Gasteiger partial charge in [0.1, 0.15) is 11.5 Å². The van der Waals surface area contributed by atoms with Crippen LogP contribution in [0.1, 0.15) is 28.0 Å². The molecule has 0 atom stereocenters. The Labute approximate surface area is 117 Å². The number of aromatic nitrogens is 2. The van der Waals surface area contributed by atoms with E-state index in [2.05, 4.69) is 23.0 Å². The van der Waals surface area contributed by atoms with E-state index in [0.29, 0.717) is 18.1 Å². The zero-order valence-electron chi connectivity index (χ0n) is 11.3. The molecule has 102 valence electrons. The van der Waals surface area contributed by atoms with Gasteiger partial charge in [-0.25, -0.2) is 9.97 Å². The van der Waals surface area contributed by atoms with E-state index in [1.807, 2.05) is 12.1 Å². The fraction of sp³-hybridized carbons (Fsp3) is 0.267. The number of hydrogen-bond acceptors (Lipinski definition) is 4. The summed E-state index contributed by atoms with van der Waals surface area (Å²) >= 11 is 0. The van der Waals surface area contributed by atoms with Crippen LogP contribution in [0.4, 0.5) is 11.5 Å². The van der Waals surface area contributed by atoms with Crippen LogP contribution in [0, 0.1) is 6.92 Å². The summed E-state index contributed by atoms with van der Waals surface area (Å²) in [5.41, 5.74) is 9.23. The molecular weight excluding hydrogens is 252 g/mol. The Morgan fingerprint density at radius 1 is 1.30 bits per heavy atom. The number of anilines is 2. The molecule has 2 N–H and O–H groups in total. The van der Waals surface area contributed by atoms with E-state index in [-0.39, 0.29) is 5.91 Å². The van der Waals surface area contributed by atoms with Crippen molar-refractivity contribution in [1.29, 1.82) is 0 Å². The van der Waals surface area contributed by atoms with Crippen molar-refractivity contribution in [3.05, 3.63) is 47.4 Å². The molecule has 0 spiro atoms. The molecule has 20 heavy (non-hydrogen) atoms. The molecular formula is C15H16N4O. The molecule has 2 aromatic rings. The summed E-state index contributed by atoms with van der Waals surface area (Å²) in [5, 5.41) is 0. The van der Waals surface area contributed by atoms with Gasteiger partial charge in [0.05, 0.1) is 12.4 Å². The van der Waals surface area contributed by atoms with Crippen LogP contribution in [0.25, 0.3) is 0 Å². The predicted octanol–water partition coefficient (Wildman–Crippen LogP) is 1.96. The van der Waals surface area contributed by atoms with E-state index < -0.39 is 0 Å². The van der Waals surface area contributed by atoms with Crippen molar-refractivity contribution >= 4 is 17.4 Å². The SMILES string of the molecule is Cc1ccc2c(c1)CCCN2C(=O)c1cnc(N)cn1. The highest BCUT2D eigenvalue weighted by atomic mass is 16.2. The molecule has 0 aliphatic carbocycles. The zero-order chi connectivity index (χ0) is 14.1. The average molecular weight is 268 g/mol. The third-order valence-electron chi connectivity index (χ3n) is 3.49. The summed E-state index contributed by atoms with van der Waals surface area (Å²) in [4.78, 5) is 22.3. The molecule has 3 rings (SSSR count). The lowest BCUT2D eigenvalue weighted by Crippen LogP contribution is -2.36. The van der Waals surface area contributed by atoms with Gasteiger partial charge in [-0.05, 0) is 31.4 Å². The molecule has 0 radical (unpaired) electrons. The number of fused-ring (bicyclic) bond motifs is 1. The van der Waals surface area contributed by atoms with E-state index in [0.717, 1.165) is 18.5 Å². The van der Waals surface area contributed by atoms with Crippen molar-refractivity contribution in [2.75, 3.05) is 17.2 Å². The predicted molar refractivity (Wildman–Crippen MR) is 77.6 cm³/mol. The maximum Gasteiger partial charge on any atom is 0.278 e. The number of nitrogens with zero attached hydrogens (tertiary/aromatic N) is 3. The standard InChI is InChI=1S/C15H16N4O/c1-10-4-5-13-11(7-10)3-2-6-19(13)15(20)12-8-18-14(16)9-17-12/h4-5,7-9H,2-3,6H2,1H3,(H2,16,18). The number of carbonyl (C=O) groups is 1. The molecule has 0 unspecified atom stereocenters. The summed E-state index contributed by atoms with van der Waals surface area (Å²) in [6.07, 6.45) is 4.81. The second kappa shape index (κ2) is 4.92. The summed E-state index contributed by atoms with van der Waals surface area (Å²) < 4.78 is 0. The van der Waals surface area contributed by atoms with Crippen LogP contribution < -0.4 is 10.6 Å². The minimum atomic E-state index is -0.123. The van der Waals surface area contributed by atoms with E-state index >= 15 is 0 Å². The van der Waals surface area contributed by atoms with Crippen molar-refractivity contribution in [3.63, 3.8) is 0 Å². The van der Waals surface area contributed by atoms with Gasteiger partial charge in [-0.3, -0.25) is 4.79 Å². The zero-order valence-corrected chi connectivity index (χ0v) is 11.3. The van der Waals surface area contributed by atoms with Crippen LogP contribution in [-0.2, 0) is 6.42 Å². The molecule has 2 heterocycles. The molecule has 0 saturated heterocycles. The van der Waals surface area contributed by atoms with E-state index in [1.54, 1.807) is 4.90 Å². The fourth-order valence-electron chi connectivity index (χ4n) is 2.52. The van der Waals surface area contributed by atoms with Crippen LogP contribution in [0.5, 0.6) is 0 Å². The Bertz CT molecular complexity index is 651. The number of benzene rings is 1. The second-order valence-electron chi connectivity index (χ2n) is 5.02. The quantitative estimate of drug-likeness (QED) is 0.858. The van der Waals surface area contributed by atoms with Gasteiger partial charge in [-0.2, -0.15) is 0 Å². The first kappa shape index (κ1) is 12.6. The van der Waals surface area contributed by atoms with Gasteiger partial charge in [0, 0.05) is 12.2 Å². The first-order valence-electron chi connectivity index (χ1n) is 6.64. The van der Waals surface area contributed by atoms with Crippen molar-refractivity contribution in [1.82, 2.24) is 9.97 Å². The lowest BCUT2D eigenvalue weighted by Gasteiger charge is -2.29. The number of hydrogen-bond donors (Lipinski definition) is 1. The molecule has 0 saturated carbocycles. The first-order valence-corrected chi connectivity index (χ1v) is 6.64. The highest BCUT2D eigenvalue weighted by Gasteiger charge is 2.24. The minimum absolute atomic E-state index is 0.123. The first-order chi connectivity index (χ1) is 9.65. The van der Waals surface area contributed by atoms with Gasteiger partial charge in [0.25, 0.3) is 5.91 Å². The molecule has 5 heteroatoms. The van der Waals surface area contributed by atoms with Crippen LogP contribution in [0.3, 0.4) is 0 Å². The largest absolute Gasteiger partial charge is 0.382 e.